The molecule has 0 amide bonds. The number of hydrogen-bond acceptors (Lipinski definition) is 2. The molecule has 1 N–H and O–H groups in total. The average Bonchev–Trinajstić information content (AvgIpc) is 2.89. The number of hydrogen-bond donors (Lipinski definition) is 1. The Labute approximate surface area is 113 Å². The molecule has 0 fully saturated rings. The molecule has 1 heterocycles. The summed E-state index contributed by atoms with van der Waals surface area (Å²) >= 11 is 0. The average molecular weight is 282 g/mol. The van der Waals surface area contributed by atoms with Gasteiger partial charge in [-0.15, -0.1) is 0 Å². The van der Waals surface area contributed by atoms with Crippen LogP contribution in [0.5, 0.6) is 0 Å². The number of aliphatic hydroxyl groups is 1. The third-order valence-electron chi connectivity index (χ3n) is 3.69. The predicted octanol–water partition coefficient (Wildman–Crippen LogP) is 3.12. The number of alkyl halides is 3. The Balaban J connectivity index is 1.91. The maximum absolute atomic E-state index is 12.6. The van der Waals surface area contributed by atoms with Gasteiger partial charge < -0.3 is 5.11 Å². The molecule has 6 heteroatoms. The minimum absolute atomic E-state index is 0.457. The van der Waals surface area contributed by atoms with E-state index >= 15 is 0 Å². The fourth-order valence-corrected chi connectivity index (χ4v) is 2.67. The maximum Gasteiger partial charge on any atom is 0.435 e. The number of benzene rings is 1. The summed E-state index contributed by atoms with van der Waals surface area (Å²) in [6.45, 7) is 0. The van der Waals surface area contributed by atoms with Gasteiger partial charge in [0.1, 0.15) is 6.10 Å². The van der Waals surface area contributed by atoms with Gasteiger partial charge in [-0.2, -0.15) is 18.3 Å². The Hall–Kier alpha value is -1.82. The van der Waals surface area contributed by atoms with E-state index in [0.717, 1.165) is 23.6 Å². The predicted molar refractivity (Wildman–Crippen MR) is 66.0 cm³/mol. The van der Waals surface area contributed by atoms with E-state index < -0.39 is 24.0 Å². The molecule has 1 aliphatic rings. The van der Waals surface area contributed by atoms with Crippen LogP contribution in [0.1, 0.15) is 35.4 Å². The third-order valence-corrected chi connectivity index (χ3v) is 3.69. The summed E-state index contributed by atoms with van der Waals surface area (Å²) in [6, 6.07) is 7.92. The first-order valence-electron chi connectivity index (χ1n) is 6.35. The lowest BCUT2D eigenvalue weighted by Crippen LogP contribution is -2.24. The van der Waals surface area contributed by atoms with Crippen LogP contribution in [0, 0.1) is 0 Å². The van der Waals surface area contributed by atoms with Gasteiger partial charge in [0, 0.05) is 6.20 Å². The van der Waals surface area contributed by atoms with Crippen LogP contribution in [-0.4, -0.2) is 14.9 Å². The van der Waals surface area contributed by atoms with Crippen molar-refractivity contribution in [3.05, 3.63) is 53.3 Å². The van der Waals surface area contributed by atoms with E-state index in [1.807, 2.05) is 18.2 Å². The van der Waals surface area contributed by atoms with E-state index in [4.69, 9.17) is 0 Å². The maximum atomic E-state index is 12.6. The molecular weight excluding hydrogens is 269 g/mol. The second kappa shape index (κ2) is 4.63. The van der Waals surface area contributed by atoms with Gasteiger partial charge in [0.15, 0.2) is 5.69 Å². The zero-order valence-electron chi connectivity index (χ0n) is 10.5. The van der Waals surface area contributed by atoms with Crippen LogP contribution in [0.25, 0.3) is 0 Å². The molecule has 3 nitrogen and oxygen atoms in total. The molecule has 0 saturated carbocycles. The molecule has 20 heavy (non-hydrogen) atoms. The SMILES string of the molecule is OC1c2ccccc2CCC1n1ccc(C(F)(F)F)n1. The lowest BCUT2D eigenvalue weighted by molar-refractivity contribution is -0.141. The van der Waals surface area contributed by atoms with E-state index in [1.54, 1.807) is 6.07 Å². The fraction of sp³-hybridized carbons (Fsp3) is 0.357. The molecule has 0 radical (unpaired) electrons. The number of aliphatic hydroxyl groups excluding tert-OH is 1. The van der Waals surface area contributed by atoms with Crippen LogP contribution < -0.4 is 0 Å². The van der Waals surface area contributed by atoms with Crippen molar-refractivity contribution in [1.29, 1.82) is 0 Å². The van der Waals surface area contributed by atoms with Crippen molar-refractivity contribution >= 4 is 0 Å². The first-order valence-corrected chi connectivity index (χ1v) is 6.35. The number of rotatable bonds is 1. The Bertz CT molecular complexity index is 621. The number of fused-ring (bicyclic) bond motifs is 1. The van der Waals surface area contributed by atoms with E-state index in [0.29, 0.717) is 6.42 Å². The number of nitrogens with zero attached hydrogens (tertiary/aromatic N) is 2. The van der Waals surface area contributed by atoms with Crippen molar-refractivity contribution < 1.29 is 18.3 Å². The molecule has 3 rings (SSSR count). The second-order valence-electron chi connectivity index (χ2n) is 4.93. The largest absolute Gasteiger partial charge is 0.435 e. The highest BCUT2D eigenvalue weighted by atomic mass is 19.4. The van der Waals surface area contributed by atoms with Gasteiger partial charge in [-0.1, -0.05) is 24.3 Å². The molecule has 2 unspecified atom stereocenters. The molecule has 0 aliphatic heterocycles. The van der Waals surface area contributed by atoms with E-state index in [1.165, 1.54) is 10.9 Å². The van der Waals surface area contributed by atoms with Gasteiger partial charge in [0.2, 0.25) is 0 Å². The molecular formula is C14H13F3N2O. The zero-order chi connectivity index (χ0) is 14.3. The van der Waals surface area contributed by atoms with Gasteiger partial charge in [0.05, 0.1) is 6.04 Å². The lowest BCUT2D eigenvalue weighted by atomic mass is 9.86. The molecule has 1 aromatic heterocycles. The van der Waals surface area contributed by atoms with Crippen molar-refractivity contribution in [1.82, 2.24) is 9.78 Å². The van der Waals surface area contributed by atoms with Crippen molar-refractivity contribution in [3.8, 4) is 0 Å². The van der Waals surface area contributed by atoms with Crippen LogP contribution in [-0.2, 0) is 12.6 Å². The summed E-state index contributed by atoms with van der Waals surface area (Å²) in [6.07, 6.45) is -2.72. The molecule has 0 spiro atoms. The minimum atomic E-state index is -4.46. The number of aryl methyl sites for hydroxylation is 1. The first-order chi connectivity index (χ1) is 9.47. The van der Waals surface area contributed by atoms with Crippen LogP contribution in [0.15, 0.2) is 36.5 Å². The first kappa shape index (κ1) is 13.2. The van der Waals surface area contributed by atoms with Gasteiger partial charge in [-0.05, 0) is 30.0 Å². The quantitative estimate of drug-likeness (QED) is 0.872. The topological polar surface area (TPSA) is 38.0 Å². The molecule has 1 aromatic carbocycles. The van der Waals surface area contributed by atoms with Crippen molar-refractivity contribution in [2.45, 2.75) is 31.2 Å². The minimum Gasteiger partial charge on any atom is -0.386 e. The van der Waals surface area contributed by atoms with Gasteiger partial charge in [0.25, 0.3) is 0 Å². The van der Waals surface area contributed by atoms with Crippen LogP contribution in [0.4, 0.5) is 13.2 Å². The van der Waals surface area contributed by atoms with Crippen LogP contribution >= 0.6 is 0 Å². The number of aromatic nitrogens is 2. The molecule has 106 valence electrons. The highest BCUT2D eigenvalue weighted by Crippen LogP contribution is 2.38. The van der Waals surface area contributed by atoms with Gasteiger partial charge in [-0.3, -0.25) is 4.68 Å². The van der Waals surface area contributed by atoms with Crippen LogP contribution in [0.3, 0.4) is 0 Å². The normalized spacial score (nSPS) is 22.6. The summed E-state index contributed by atoms with van der Waals surface area (Å²) in [5.41, 5.74) is 0.885. The lowest BCUT2D eigenvalue weighted by Gasteiger charge is -2.30. The summed E-state index contributed by atoms with van der Waals surface area (Å²) in [5, 5.41) is 13.9. The third kappa shape index (κ3) is 2.20. The Kier molecular flexibility index (Phi) is 3.05. The molecule has 2 aromatic rings. The number of halogens is 3. The molecule has 0 bridgehead atoms. The van der Waals surface area contributed by atoms with E-state index in [2.05, 4.69) is 5.10 Å². The van der Waals surface area contributed by atoms with Gasteiger partial charge >= 0.3 is 6.18 Å². The van der Waals surface area contributed by atoms with Crippen molar-refractivity contribution in [2.24, 2.45) is 0 Å². The second-order valence-corrected chi connectivity index (χ2v) is 4.93. The van der Waals surface area contributed by atoms with Gasteiger partial charge in [-0.25, -0.2) is 0 Å². The zero-order valence-corrected chi connectivity index (χ0v) is 10.5. The van der Waals surface area contributed by atoms with Crippen molar-refractivity contribution in [2.75, 3.05) is 0 Å². The van der Waals surface area contributed by atoms with E-state index in [9.17, 15) is 18.3 Å². The van der Waals surface area contributed by atoms with E-state index in [-0.39, 0.29) is 0 Å². The standard InChI is InChI=1S/C14H13F3N2O/c15-14(16,17)12-7-8-19(18-12)11-6-5-9-3-1-2-4-10(9)13(11)20/h1-4,7-8,11,13,20H,5-6H2. The Morgan fingerprint density at radius 1 is 1.20 bits per heavy atom. The summed E-state index contributed by atoms with van der Waals surface area (Å²) in [7, 11) is 0. The summed E-state index contributed by atoms with van der Waals surface area (Å²) < 4.78 is 38.9. The Morgan fingerprint density at radius 2 is 1.95 bits per heavy atom. The molecule has 0 saturated heterocycles. The molecule has 2 atom stereocenters. The smallest absolute Gasteiger partial charge is 0.386 e. The molecule has 1 aliphatic carbocycles. The highest BCUT2D eigenvalue weighted by Gasteiger charge is 2.36. The van der Waals surface area contributed by atoms with Crippen molar-refractivity contribution in [3.63, 3.8) is 0 Å². The van der Waals surface area contributed by atoms with Crippen LogP contribution in [0.2, 0.25) is 0 Å². The highest BCUT2D eigenvalue weighted by molar-refractivity contribution is 5.32. The fourth-order valence-electron chi connectivity index (χ4n) is 2.67. The summed E-state index contributed by atoms with van der Waals surface area (Å²) in [5.74, 6) is 0. The summed E-state index contributed by atoms with van der Waals surface area (Å²) in [4.78, 5) is 0. The monoisotopic (exact) mass is 282 g/mol. The Morgan fingerprint density at radius 3 is 2.65 bits per heavy atom.